The molecule has 1 atom stereocenters. The Morgan fingerprint density at radius 1 is 1.03 bits per heavy atom. The smallest absolute Gasteiger partial charge is 0.419 e. The molecule has 0 amide bonds. The lowest BCUT2D eigenvalue weighted by Crippen LogP contribution is -2.50. The van der Waals surface area contributed by atoms with Crippen LogP contribution in [0.3, 0.4) is 0 Å². The number of unbranched alkanes of at least 4 members (excludes halogenated alkanes) is 5. The van der Waals surface area contributed by atoms with E-state index < -0.39 is 29.7 Å². The van der Waals surface area contributed by atoms with Crippen molar-refractivity contribution in [3.05, 3.63) is 29.3 Å². The number of aryl methyl sites for hydroxylation is 1. The topological polar surface area (TPSA) is 84.9 Å². The van der Waals surface area contributed by atoms with E-state index in [2.05, 4.69) is 6.92 Å². The zero-order valence-corrected chi connectivity index (χ0v) is 18.9. The van der Waals surface area contributed by atoms with Crippen LogP contribution in [0, 0.1) is 0 Å². The maximum absolute atomic E-state index is 13.5. The van der Waals surface area contributed by atoms with E-state index in [-0.39, 0.29) is 31.8 Å². The molecule has 0 saturated heterocycles. The highest BCUT2D eigenvalue weighted by atomic mass is 19.4. The molecule has 0 aliphatic carbocycles. The number of aliphatic hydroxyl groups excluding tert-OH is 1. The second-order valence-electron chi connectivity index (χ2n) is 8.70. The fourth-order valence-corrected chi connectivity index (χ4v) is 3.06. The largest absolute Gasteiger partial charge is 0.493 e. The Morgan fingerprint density at radius 2 is 1.68 bits per heavy atom. The minimum atomic E-state index is -4.53. The monoisotopic (exact) mass is 449 g/mol. The van der Waals surface area contributed by atoms with Gasteiger partial charge in [-0.05, 0) is 50.8 Å². The van der Waals surface area contributed by atoms with E-state index >= 15 is 0 Å². The van der Waals surface area contributed by atoms with Crippen LogP contribution in [-0.4, -0.2) is 41.4 Å². The highest BCUT2D eigenvalue weighted by molar-refractivity contribution is 5.39. The number of alkyl halides is 3. The van der Waals surface area contributed by atoms with Gasteiger partial charge in [-0.15, -0.1) is 0 Å². The second-order valence-corrected chi connectivity index (χ2v) is 8.70. The van der Waals surface area contributed by atoms with Crippen LogP contribution in [0.25, 0.3) is 0 Å². The predicted octanol–water partition coefficient (Wildman–Crippen LogP) is 4.81. The summed E-state index contributed by atoms with van der Waals surface area (Å²) < 4.78 is 51.3. The quantitative estimate of drug-likeness (QED) is 0.264. The number of nitrogens with two attached hydrogens (primary N) is 1. The molecule has 8 heteroatoms. The summed E-state index contributed by atoms with van der Waals surface area (Å²) in [5.74, 6) is -1.59. The molecule has 0 spiro atoms. The lowest BCUT2D eigenvalue weighted by Gasteiger charge is -2.30. The van der Waals surface area contributed by atoms with Crippen LogP contribution in [0.15, 0.2) is 18.2 Å². The number of aliphatic hydroxyl groups is 2. The van der Waals surface area contributed by atoms with E-state index in [1.165, 1.54) is 26.3 Å². The molecular weight excluding hydrogens is 411 g/mol. The van der Waals surface area contributed by atoms with Crippen molar-refractivity contribution in [2.24, 2.45) is 5.73 Å². The molecule has 0 fully saturated rings. The lowest BCUT2D eigenvalue weighted by atomic mass is 9.93. The molecular formula is C23H38F3NO4. The number of halogens is 3. The number of hydrogen-bond donors (Lipinski definition) is 3. The van der Waals surface area contributed by atoms with Gasteiger partial charge in [0.25, 0.3) is 0 Å². The molecule has 0 aliphatic rings. The van der Waals surface area contributed by atoms with Crippen molar-refractivity contribution in [2.75, 3.05) is 19.8 Å². The summed E-state index contributed by atoms with van der Waals surface area (Å²) in [6.45, 7) is 4.70. The fourth-order valence-electron chi connectivity index (χ4n) is 3.06. The Morgan fingerprint density at radius 3 is 2.26 bits per heavy atom. The zero-order chi connectivity index (χ0) is 23.5. The molecule has 0 saturated carbocycles. The van der Waals surface area contributed by atoms with Crippen molar-refractivity contribution < 1.29 is 32.9 Å². The standard InChI is InChI=1S/C23H38F3NO4/c1-4-5-6-7-8-9-14-30-20-11-10-18(15-19(20)23(24,25)26)12-13-22(27,16-28)17-31-21(2,3)29/h10-11,15,28-29H,4-9,12-14,16-17,27H2,1-3H3. The SMILES string of the molecule is CCCCCCCCOc1ccc(CCC(N)(CO)COC(C)(C)O)cc1C(F)(F)F. The first-order valence-electron chi connectivity index (χ1n) is 11.0. The molecule has 1 rings (SSSR count). The Labute approximate surface area is 183 Å². The van der Waals surface area contributed by atoms with Crippen molar-refractivity contribution in [3.63, 3.8) is 0 Å². The first-order valence-corrected chi connectivity index (χ1v) is 11.0. The molecule has 1 unspecified atom stereocenters. The first kappa shape index (κ1) is 27.7. The highest BCUT2D eigenvalue weighted by Crippen LogP contribution is 2.37. The summed E-state index contributed by atoms with van der Waals surface area (Å²) in [5, 5.41) is 19.3. The Hall–Kier alpha value is -1.35. The number of rotatable bonds is 15. The molecule has 0 bridgehead atoms. The van der Waals surface area contributed by atoms with E-state index in [1.807, 2.05) is 0 Å². The third-order valence-corrected chi connectivity index (χ3v) is 5.04. The van der Waals surface area contributed by atoms with Crippen molar-refractivity contribution >= 4 is 0 Å². The molecule has 4 N–H and O–H groups in total. The van der Waals surface area contributed by atoms with Gasteiger partial charge in [-0.3, -0.25) is 0 Å². The first-order chi connectivity index (χ1) is 14.4. The van der Waals surface area contributed by atoms with Gasteiger partial charge in [0.15, 0.2) is 5.79 Å². The maximum atomic E-state index is 13.5. The van der Waals surface area contributed by atoms with Crippen LogP contribution < -0.4 is 10.5 Å². The highest BCUT2D eigenvalue weighted by Gasteiger charge is 2.35. The summed E-state index contributed by atoms with van der Waals surface area (Å²) in [5.41, 5.74) is 4.55. The van der Waals surface area contributed by atoms with Gasteiger partial charge in [0, 0.05) is 0 Å². The van der Waals surface area contributed by atoms with Gasteiger partial charge >= 0.3 is 6.18 Å². The van der Waals surface area contributed by atoms with Gasteiger partial charge in [-0.2, -0.15) is 13.2 Å². The van der Waals surface area contributed by atoms with Crippen molar-refractivity contribution in [3.8, 4) is 5.75 Å². The molecule has 1 aromatic carbocycles. The van der Waals surface area contributed by atoms with Crippen molar-refractivity contribution in [1.29, 1.82) is 0 Å². The molecule has 0 aromatic heterocycles. The van der Waals surface area contributed by atoms with Crippen molar-refractivity contribution in [1.82, 2.24) is 0 Å². The summed E-state index contributed by atoms with van der Waals surface area (Å²) in [7, 11) is 0. The number of ether oxygens (including phenoxy) is 2. The number of hydrogen-bond acceptors (Lipinski definition) is 5. The third kappa shape index (κ3) is 11.2. The number of benzene rings is 1. The van der Waals surface area contributed by atoms with E-state index in [0.29, 0.717) is 5.56 Å². The second kappa shape index (κ2) is 12.6. The average Bonchev–Trinajstić information content (AvgIpc) is 2.69. The van der Waals surface area contributed by atoms with Crippen LogP contribution >= 0.6 is 0 Å². The molecule has 1 aromatic rings. The van der Waals surface area contributed by atoms with Crippen LogP contribution in [-0.2, 0) is 17.3 Å². The summed E-state index contributed by atoms with van der Waals surface area (Å²) >= 11 is 0. The normalized spacial score (nSPS) is 14.5. The molecule has 0 aliphatic heterocycles. The van der Waals surface area contributed by atoms with Gasteiger partial charge in [0.2, 0.25) is 0 Å². The molecule has 180 valence electrons. The minimum Gasteiger partial charge on any atom is -0.493 e. The zero-order valence-electron chi connectivity index (χ0n) is 18.9. The van der Waals surface area contributed by atoms with Gasteiger partial charge < -0.3 is 25.4 Å². The molecule has 0 radical (unpaired) electrons. The molecule has 5 nitrogen and oxygen atoms in total. The Bertz CT molecular complexity index is 647. The van der Waals surface area contributed by atoms with E-state index in [4.69, 9.17) is 15.2 Å². The summed E-state index contributed by atoms with van der Waals surface area (Å²) in [6, 6.07) is 4.01. The maximum Gasteiger partial charge on any atom is 0.419 e. The van der Waals surface area contributed by atoms with Gasteiger partial charge in [0.1, 0.15) is 5.75 Å². The third-order valence-electron chi connectivity index (χ3n) is 5.04. The van der Waals surface area contributed by atoms with Crippen molar-refractivity contribution in [2.45, 2.75) is 89.6 Å². The lowest BCUT2D eigenvalue weighted by molar-refractivity contribution is -0.188. The Kier molecular flexibility index (Phi) is 11.3. The van der Waals surface area contributed by atoms with Gasteiger partial charge in [-0.1, -0.05) is 45.1 Å². The average molecular weight is 450 g/mol. The predicted molar refractivity (Wildman–Crippen MR) is 115 cm³/mol. The van der Waals surface area contributed by atoms with Crippen LogP contribution in [0.2, 0.25) is 0 Å². The fraction of sp³-hybridized carbons (Fsp3) is 0.739. The Balaban J connectivity index is 2.72. The minimum absolute atomic E-state index is 0.126. The van der Waals surface area contributed by atoms with Gasteiger partial charge in [-0.25, -0.2) is 0 Å². The van der Waals surface area contributed by atoms with E-state index in [0.717, 1.165) is 38.2 Å². The van der Waals surface area contributed by atoms with E-state index in [1.54, 1.807) is 6.07 Å². The molecule has 0 heterocycles. The van der Waals surface area contributed by atoms with Crippen LogP contribution in [0.1, 0.15) is 76.8 Å². The van der Waals surface area contributed by atoms with E-state index in [9.17, 15) is 23.4 Å². The van der Waals surface area contributed by atoms with Gasteiger partial charge in [0.05, 0.1) is 30.9 Å². The van der Waals surface area contributed by atoms with Crippen LogP contribution in [0.5, 0.6) is 5.75 Å². The summed E-state index contributed by atoms with van der Waals surface area (Å²) in [6.07, 6.45) is 2.04. The van der Waals surface area contributed by atoms with Crippen LogP contribution in [0.4, 0.5) is 13.2 Å². The molecule has 31 heavy (non-hydrogen) atoms. The summed E-state index contributed by atoms with van der Waals surface area (Å²) in [4.78, 5) is 0.